The van der Waals surface area contributed by atoms with Crippen molar-refractivity contribution in [3.05, 3.63) is 66.5 Å². The van der Waals surface area contributed by atoms with Crippen LogP contribution in [-0.4, -0.2) is 15.5 Å². The SMILES string of the molecule is COc1ccc(S(=O)(=O)Oc2ccc(F)cc2)c2ccccc12. The fourth-order valence-corrected chi connectivity index (χ4v) is 3.44. The zero-order valence-corrected chi connectivity index (χ0v) is 13.0. The second-order valence-electron chi connectivity index (χ2n) is 4.80. The van der Waals surface area contributed by atoms with E-state index in [9.17, 15) is 12.8 Å². The van der Waals surface area contributed by atoms with E-state index in [0.717, 1.165) is 12.1 Å². The summed E-state index contributed by atoms with van der Waals surface area (Å²) in [6.45, 7) is 0. The molecule has 0 aliphatic rings. The van der Waals surface area contributed by atoms with E-state index >= 15 is 0 Å². The van der Waals surface area contributed by atoms with Crippen molar-refractivity contribution in [2.75, 3.05) is 7.11 Å². The molecule has 0 atom stereocenters. The number of benzene rings is 3. The molecule has 0 bridgehead atoms. The van der Waals surface area contributed by atoms with Gasteiger partial charge in [0.05, 0.1) is 7.11 Å². The highest BCUT2D eigenvalue weighted by molar-refractivity contribution is 7.87. The molecule has 0 spiro atoms. The summed E-state index contributed by atoms with van der Waals surface area (Å²) in [5.74, 6) is 0.150. The summed E-state index contributed by atoms with van der Waals surface area (Å²) in [4.78, 5) is 0.0261. The van der Waals surface area contributed by atoms with Crippen LogP contribution < -0.4 is 8.92 Å². The normalized spacial score (nSPS) is 11.4. The maximum absolute atomic E-state index is 12.9. The van der Waals surface area contributed by atoms with Crippen LogP contribution in [0.4, 0.5) is 4.39 Å². The standard InChI is InChI=1S/C17H13FO4S/c1-21-16-10-11-17(15-5-3-2-4-14(15)16)23(19,20)22-13-8-6-12(18)7-9-13/h2-11H,1H3. The van der Waals surface area contributed by atoms with E-state index in [-0.39, 0.29) is 10.6 Å². The highest BCUT2D eigenvalue weighted by Gasteiger charge is 2.21. The molecule has 0 amide bonds. The lowest BCUT2D eigenvalue weighted by molar-refractivity contribution is 0.419. The average Bonchev–Trinajstić information content (AvgIpc) is 2.55. The maximum Gasteiger partial charge on any atom is 0.339 e. The van der Waals surface area contributed by atoms with Gasteiger partial charge in [-0.2, -0.15) is 8.42 Å². The van der Waals surface area contributed by atoms with Gasteiger partial charge in [-0.25, -0.2) is 4.39 Å². The van der Waals surface area contributed by atoms with E-state index in [4.69, 9.17) is 8.92 Å². The van der Waals surface area contributed by atoms with Crippen molar-refractivity contribution in [1.82, 2.24) is 0 Å². The predicted octanol–water partition coefficient (Wildman–Crippen LogP) is 3.76. The molecule has 0 unspecified atom stereocenters. The monoisotopic (exact) mass is 332 g/mol. The number of methoxy groups -OCH3 is 1. The van der Waals surface area contributed by atoms with Gasteiger partial charge in [0.2, 0.25) is 0 Å². The van der Waals surface area contributed by atoms with E-state index in [1.54, 1.807) is 30.3 Å². The summed E-state index contributed by atoms with van der Waals surface area (Å²) in [6, 6.07) is 14.8. The fourth-order valence-electron chi connectivity index (χ4n) is 2.30. The second-order valence-corrected chi connectivity index (χ2v) is 6.32. The van der Waals surface area contributed by atoms with E-state index in [2.05, 4.69) is 0 Å². The van der Waals surface area contributed by atoms with Gasteiger partial charge in [0.15, 0.2) is 0 Å². The first kappa shape index (κ1) is 15.3. The molecule has 0 N–H and O–H groups in total. The lowest BCUT2D eigenvalue weighted by Crippen LogP contribution is -2.10. The molecule has 3 aromatic carbocycles. The average molecular weight is 332 g/mol. The Morgan fingerprint density at radius 2 is 1.52 bits per heavy atom. The van der Waals surface area contributed by atoms with E-state index in [1.807, 2.05) is 0 Å². The molecule has 118 valence electrons. The first-order valence-electron chi connectivity index (χ1n) is 6.77. The molecule has 0 aliphatic carbocycles. The van der Waals surface area contributed by atoms with Gasteiger partial charge >= 0.3 is 10.1 Å². The number of ether oxygens (including phenoxy) is 1. The molecule has 0 heterocycles. The fraction of sp³-hybridized carbons (Fsp3) is 0.0588. The first-order chi connectivity index (χ1) is 11.0. The van der Waals surface area contributed by atoms with Crippen LogP contribution in [0.15, 0.2) is 65.6 Å². The Morgan fingerprint density at radius 3 is 2.17 bits per heavy atom. The Labute approximate surface area is 133 Å². The van der Waals surface area contributed by atoms with Crippen LogP contribution in [0, 0.1) is 5.82 Å². The largest absolute Gasteiger partial charge is 0.496 e. The molecule has 3 rings (SSSR count). The molecule has 4 nitrogen and oxygen atoms in total. The molecule has 23 heavy (non-hydrogen) atoms. The van der Waals surface area contributed by atoms with Crippen molar-refractivity contribution in [2.45, 2.75) is 4.90 Å². The molecule has 0 fully saturated rings. The summed E-state index contributed by atoms with van der Waals surface area (Å²) in [5.41, 5.74) is 0. The van der Waals surface area contributed by atoms with Crippen molar-refractivity contribution in [2.24, 2.45) is 0 Å². The summed E-state index contributed by atoms with van der Waals surface area (Å²) in [5, 5.41) is 1.16. The predicted molar refractivity (Wildman–Crippen MR) is 84.7 cm³/mol. The molecule has 0 aliphatic heterocycles. The molecule has 3 aromatic rings. The Morgan fingerprint density at radius 1 is 0.870 bits per heavy atom. The van der Waals surface area contributed by atoms with Crippen LogP contribution in [0.3, 0.4) is 0 Å². The quantitative estimate of drug-likeness (QED) is 0.683. The van der Waals surface area contributed by atoms with Crippen molar-refractivity contribution in [3.8, 4) is 11.5 Å². The third-order valence-corrected chi connectivity index (χ3v) is 4.66. The van der Waals surface area contributed by atoms with Crippen molar-refractivity contribution in [1.29, 1.82) is 0 Å². The smallest absolute Gasteiger partial charge is 0.339 e. The minimum atomic E-state index is -4.06. The first-order valence-corrected chi connectivity index (χ1v) is 8.18. The zero-order chi connectivity index (χ0) is 16.4. The molecule has 0 saturated carbocycles. The maximum atomic E-state index is 12.9. The van der Waals surface area contributed by atoms with Gasteiger partial charge in [-0.1, -0.05) is 24.3 Å². The van der Waals surface area contributed by atoms with E-state index < -0.39 is 15.9 Å². The molecule has 0 radical (unpaired) electrons. The number of rotatable bonds is 4. The lowest BCUT2D eigenvalue weighted by atomic mass is 10.1. The van der Waals surface area contributed by atoms with Crippen molar-refractivity contribution < 1.29 is 21.7 Å². The van der Waals surface area contributed by atoms with Crippen molar-refractivity contribution in [3.63, 3.8) is 0 Å². The topological polar surface area (TPSA) is 52.6 Å². The molecule has 0 saturated heterocycles. The Bertz CT molecular complexity index is 950. The molecular weight excluding hydrogens is 319 g/mol. The van der Waals surface area contributed by atoms with Crippen LogP contribution in [0.25, 0.3) is 10.8 Å². The van der Waals surface area contributed by atoms with Gasteiger partial charge in [0.25, 0.3) is 0 Å². The number of fused-ring (bicyclic) bond motifs is 1. The number of halogens is 1. The minimum absolute atomic E-state index is 0.0261. The molecule has 6 heteroatoms. The van der Waals surface area contributed by atoms with E-state index in [1.165, 1.54) is 25.3 Å². The van der Waals surface area contributed by atoms with Gasteiger partial charge in [0, 0.05) is 10.8 Å². The summed E-state index contributed by atoms with van der Waals surface area (Å²) in [7, 11) is -2.54. The van der Waals surface area contributed by atoms with Crippen LogP contribution >= 0.6 is 0 Å². The summed E-state index contributed by atoms with van der Waals surface area (Å²) >= 11 is 0. The van der Waals surface area contributed by atoms with E-state index in [0.29, 0.717) is 16.5 Å². The molecule has 0 aromatic heterocycles. The lowest BCUT2D eigenvalue weighted by Gasteiger charge is -2.11. The van der Waals surface area contributed by atoms with Gasteiger partial charge in [0.1, 0.15) is 22.2 Å². The van der Waals surface area contributed by atoms with Crippen LogP contribution in [-0.2, 0) is 10.1 Å². The zero-order valence-electron chi connectivity index (χ0n) is 12.2. The number of hydrogen-bond donors (Lipinski definition) is 0. The second kappa shape index (κ2) is 5.89. The Hall–Kier alpha value is -2.60. The van der Waals surface area contributed by atoms with Crippen LogP contribution in [0.2, 0.25) is 0 Å². The summed E-state index contributed by atoms with van der Waals surface area (Å²) < 4.78 is 48.3. The Balaban J connectivity index is 2.10. The van der Waals surface area contributed by atoms with Crippen molar-refractivity contribution >= 4 is 20.9 Å². The van der Waals surface area contributed by atoms with Gasteiger partial charge < -0.3 is 8.92 Å². The van der Waals surface area contributed by atoms with Gasteiger partial charge in [-0.15, -0.1) is 0 Å². The van der Waals surface area contributed by atoms with Crippen LogP contribution in [0.1, 0.15) is 0 Å². The highest BCUT2D eigenvalue weighted by atomic mass is 32.2. The third-order valence-electron chi connectivity index (χ3n) is 3.35. The third kappa shape index (κ3) is 2.98. The Kier molecular flexibility index (Phi) is 3.92. The van der Waals surface area contributed by atoms with Gasteiger partial charge in [-0.05, 0) is 36.4 Å². The van der Waals surface area contributed by atoms with Crippen LogP contribution in [0.5, 0.6) is 11.5 Å². The highest BCUT2D eigenvalue weighted by Crippen LogP contribution is 2.32. The molecular formula is C17H13FO4S. The van der Waals surface area contributed by atoms with Gasteiger partial charge in [-0.3, -0.25) is 0 Å². The number of hydrogen-bond acceptors (Lipinski definition) is 4. The minimum Gasteiger partial charge on any atom is -0.496 e. The summed E-state index contributed by atoms with van der Waals surface area (Å²) in [6.07, 6.45) is 0.